The van der Waals surface area contributed by atoms with E-state index >= 15 is 0 Å². The van der Waals surface area contributed by atoms with Crippen LogP contribution in [0, 0.1) is 6.92 Å². The molecule has 0 bridgehead atoms. The monoisotopic (exact) mass is 304 g/mol. The minimum atomic E-state index is -0.439. The van der Waals surface area contributed by atoms with Crippen molar-refractivity contribution in [2.75, 3.05) is 0 Å². The molecule has 4 heteroatoms. The van der Waals surface area contributed by atoms with Crippen LogP contribution in [-0.4, -0.2) is 23.8 Å². The van der Waals surface area contributed by atoms with Crippen molar-refractivity contribution in [2.24, 2.45) is 0 Å². The maximum absolute atomic E-state index is 11.7. The predicted octanol–water partition coefficient (Wildman–Crippen LogP) is 3.70. The van der Waals surface area contributed by atoms with Crippen molar-refractivity contribution in [3.05, 3.63) is 35.4 Å². The summed E-state index contributed by atoms with van der Waals surface area (Å²) in [7, 11) is 0. The van der Waals surface area contributed by atoms with Gasteiger partial charge in [0.25, 0.3) is 0 Å². The highest BCUT2D eigenvalue weighted by Crippen LogP contribution is 2.24. The summed E-state index contributed by atoms with van der Waals surface area (Å²) in [6, 6.07) is 9.57. The number of nitrogens with one attached hydrogen (secondary N) is 2. The van der Waals surface area contributed by atoms with Crippen molar-refractivity contribution in [3.8, 4) is 0 Å². The van der Waals surface area contributed by atoms with Crippen molar-refractivity contribution < 1.29 is 9.53 Å². The van der Waals surface area contributed by atoms with E-state index in [4.69, 9.17) is 4.74 Å². The molecule has 1 atom stereocenters. The van der Waals surface area contributed by atoms with Gasteiger partial charge in [0, 0.05) is 18.1 Å². The van der Waals surface area contributed by atoms with E-state index in [-0.39, 0.29) is 12.1 Å². The first-order valence-corrected chi connectivity index (χ1v) is 8.05. The van der Waals surface area contributed by atoms with Crippen LogP contribution in [0.2, 0.25) is 0 Å². The average molecular weight is 304 g/mol. The molecule has 22 heavy (non-hydrogen) atoms. The molecule has 0 spiro atoms. The Balaban J connectivity index is 1.72. The van der Waals surface area contributed by atoms with E-state index < -0.39 is 5.60 Å². The van der Waals surface area contributed by atoms with E-state index in [1.807, 2.05) is 20.8 Å². The number of amides is 1. The highest BCUT2D eigenvalue weighted by Gasteiger charge is 2.32. The second-order valence-electron chi connectivity index (χ2n) is 7.31. The number of ether oxygens (including phenoxy) is 1. The Labute approximate surface area is 133 Å². The van der Waals surface area contributed by atoms with Crippen LogP contribution in [-0.2, 0) is 4.74 Å². The number of alkyl carbamates (subject to hydrolysis) is 1. The summed E-state index contributed by atoms with van der Waals surface area (Å²) in [5.74, 6) is 0. The van der Waals surface area contributed by atoms with Crippen LogP contribution in [0.4, 0.5) is 4.79 Å². The molecule has 4 nitrogen and oxygen atoms in total. The number of benzene rings is 1. The van der Waals surface area contributed by atoms with Crippen molar-refractivity contribution in [2.45, 2.75) is 71.2 Å². The molecule has 0 aromatic heterocycles. The third-order valence-electron chi connectivity index (χ3n) is 3.89. The number of hydrogen-bond donors (Lipinski definition) is 2. The maximum Gasteiger partial charge on any atom is 0.407 e. The Kier molecular flexibility index (Phi) is 5.12. The molecule has 0 aliphatic heterocycles. The lowest BCUT2D eigenvalue weighted by molar-refractivity contribution is 0.0463. The summed E-state index contributed by atoms with van der Waals surface area (Å²) in [6.45, 7) is 9.92. The van der Waals surface area contributed by atoms with Crippen LogP contribution in [0.1, 0.15) is 57.7 Å². The molecule has 0 unspecified atom stereocenters. The van der Waals surface area contributed by atoms with Gasteiger partial charge in [-0.2, -0.15) is 0 Å². The Morgan fingerprint density at radius 3 is 2.55 bits per heavy atom. The molecule has 2 N–H and O–H groups in total. The predicted molar refractivity (Wildman–Crippen MR) is 88.9 cm³/mol. The molecule has 1 aromatic rings. The lowest BCUT2D eigenvalue weighted by Crippen LogP contribution is -2.53. The maximum atomic E-state index is 11.7. The summed E-state index contributed by atoms with van der Waals surface area (Å²) >= 11 is 0. The zero-order valence-electron chi connectivity index (χ0n) is 14.3. The fourth-order valence-corrected chi connectivity index (χ4v) is 2.74. The normalized spacial score (nSPS) is 22.6. The molecule has 2 rings (SSSR count). The summed E-state index contributed by atoms with van der Waals surface area (Å²) in [5, 5.41) is 6.54. The zero-order chi connectivity index (χ0) is 16.3. The fourth-order valence-electron chi connectivity index (χ4n) is 2.74. The molecular formula is C18H28N2O2. The summed E-state index contributed by atoms with van der Waals surface area (Å²) in [4.78, 5) is 11.7. The van der Waals surface area contributed by atoms with Gasteiger partial charge in [0.2, 0.25) is 0 Å². The fraction of sp³-hybridized carbons (Fsp3) is 0.611. The quantitative estimate of drug-likeness (QED) is 0.891. The Morgan fingerprint density at radius 2 is 1.95 bits per heavy atom. The van der Waals surface area contributed by atoms with Gasteiger partial charge >= 0.3 is 6.09 Å². The lowest BCUT2D eigenvalue weighted by atomic mass is 9.86. The molecule has 1 saturated carbocycles. The van der Waals surface area contributed by atoms with Crippen LogP contribution in [0.25, 0.3) is 0 Å². The second kappa shape index (κ2) is 6.69. The molecular weight excluding hydrogens is 276 g/mol. The molecule has 1 aliphatic rings. The van der Waals surface area contributed by atoms with E-state index in [1.165, 1.54) is 11.1 Å². The minimum Gasteiger partial charge on any atom is -0.444 e. The van der Waals surface area contributed by atoms with Crippen molar-refractivity contribution in [3.63, 3.8) is 0 Å². The van der Waals surface area contributed by atoms with Crippen LogP contribution in [0.15, 0.2) is 24.3 Å². The van der Waals surface area contributed by atoms with Gasteiger partial charge in [-0.15, -0.1) is 0 Å². The van der Waals surface area contributed by atoms with E-state index in [9.17, 15) is 4.79 Å². The van der Waals surface area contributed by atoms with Crippen LogP contribution in [0.5, 0.6) is 0 Å². The number of carbonyl (C=O) groups is 1. The second-order valence-corrected chi connectivity index (χ2v) is 7.31. The molecule has 1 fully saturated rings. The van der Waals surface area contributed by atoms with Crippen molar-refractivity contribution >= 4 is 6.09 Å². The molecule has 1 amide bonds. The van der Waals surface area contributed by atoms with Gasteiger partial charge in [0.1, 0.15) is 5.60 Å². The first kappa shape index (κ1) is 16.8. The van der Waals surface area contributed by atoms with E-state index in [1.54, 1.807) is 0 Å². The van der Waals surface area contributed by atoms with Gasteiger partial charge in [-0.05, 0) is 53.0 Å². The molecule has 0 saturated heterocycles. The Bertz CT molecular complexity index is 516. The Hall–Kier alpha value is -1.55. The third-order valence-corrected chi connectivity index (χ3v) is 3.89. The summed E-state index contributed by atoms with van der Waals surface area (Å²) < 4.78 is 5.27. The minimum absolute atomic E-state index is 0.219. The van der Waals surface area contributed by atoms with E-state index in [0.717, 1.165) is 12.8 Å². The smallest absolute Gasteiger partial charge is 0.407 e. The van der Waals surface area contributed by atoms with E-state index in [2.05, 4.69) is 48.7 Å². The van der Waals surface area contributed by atoms with Gasteiger partial charge in [0.15, 0.2) is 0 Å². The van der Waals surface area contributed by atoms with Gasteiger partial charge in [-0.25, -0.2) is 4.79 Å². The number of aryl methyl sites for hydroxylation is 1. The van der Waals surface area contributed by atoms with Crippen molar-refractivity contribution in [1.82, 2.24) is 10.6 Å². The number of carbonyl (C=O) groups excluding carboxylic acids is 1. The SMILES string of the molecule is Cc1cccc([C@H](C)NC2CC(NC(=O)OC(C)(C)C)C2)c1. The molecule has 1 aliphatic carbocycles. The van der Waals surface area contributed by atoms with Gasteiger partial charge in [-0.1, -0.05) is 29.8 Å². The zero-order valence-corrected chi connectivity index (χ0v) is 14.3. The topological polar surface area (TPSA) is 50.4 Å². The molecule has 0 radical (unpaired) electrons. The van der Waals surface area contributed by atoms with Crippen LogP contribution >= 0.6 is 0 Å². The molecule has 122 valence electrons. The van der Waals surface area contributed by atoms with Crippen LogP contribution < -0.4 is 10.6 Å². The highest BCUT2D eigenvalue weighted by molar-refractivity contribution is 5.68. The summed E-state index contributed by atoms with van der Waals surface area (Å²) in [6.07, 6.45) is 1.59. The average Bonchev–Trinajstić information content (AvgIpc) is 2.33. The first-order chi connectivity index (χ1) is 10.2. The first-order valence-electron chi connectivity index (χ1n) is 8.05. The van der Waals surface area contributed by atoms with Crippen molar-refractivity contribution in [1.29, 1.82) is 0 Å². The number of rotatable bonds is 4. The van der Waals surface area contributed by atoms with E-state index in [0.29, 0.717) is 12.1 Å². The van der Waals surface area contributed by atoms with Crippen LogP contribution in [0.3, 0.4) is 0 Å². The molecule has 0 heterocycles. The lowest BCUT2D eigenvalue weighted by Gasteiger charge is -2.38. The van der Waals surface area contributed by atoms with Gasteiger partial charge in [-0.3, -0.25) is 0 Å². The standard InChI is InChI=1S/C18H28N2O2/c1-12-7-6-8-14(9-12)13(2)19-15-10-16(11-15)20-17(21)22-18(3,4)5/h6-9,13,15-16,19H,10-11H2,1-5H3,(H,20,21)/t13-,15?,16?/m0/s1. The third kappa shape index (κ3) is 5.02. The molecule has 1 aromatic carbocycles. The number of hydrogen-bond acceptors (Lipinski definition) is 3. The van der Waals surface area contributed by atoms with Gasteiger partial charge in [0.05, 0.1) is 0 Å². The summed E-state index contributed by atoms with van der Waals surface area (Å²) in [5.41, 5.74) is 2.15. The van der Waals surface area contributed by atoms with Gasteiger partial charge < -0.3 is 15.4 Å². The highest BCUT2D eigenvalue weighted by atomic mass is 16.6. The Morgan fingerprint density at radius 1 is 1.27 bits per heavy atom. The largest absolute Gasteiger partial charge is 0.444 e.